The molecule has 1 saturated carbocycles. The Balaban J connectivity index is 1.86. The van der Waals surface area contributed by atoms with Gasteiger partial charge in [-0.25, -0.2) is 0 Å². The van der Waals surface area contributed by atoms with Crippen LogP contribution in [0.4, 0.5) is 0 Å². The highest BCUT2D eigenvalue weighted by molar-refractivity contribution is 9.09. The number of halogens is 2. The second-order valence-corrected chi connectivity index (χ2v) is 7.06. The number of ether oxygens (including phenoxy) is 2. The van der Waals surface area contributed by atoms with Crippen molar-refractivity contribution in [3.8, 4) is 11.5 Å². The summed E-state index contributed by atoms with van der Waals surface area (Å²) in [6.45, 7) is 1.41. The summed E-state index contributed by atoms with van der Waals surface area (Å²) in [5, 5.41) is 0.779. The van der Waals surface area contributed by atoms with Crippen LogP contribution in [0.5, 0.6) is 11.5 Å². The van der Waals surface area contributed by atoms with E-state index in [4.69, 9.17) is 21.1 Å². The van der Waals surface area contributed by atoms with Gasteiger partial charge >= 0.3 is 0 Å². The number of alkyl halides is 1. The average Bonchev–Trinajstić information content (AvgIpc) is 2.71. The third-order valence-corrected chi connectivity index (χ3v) is 5.80. The van der Waals surface area contributed by atoms with Crippen LogP contribution in [0.1, 0.15) is 48.9 Å². The Morgan fingerprint density at radius 2 is 1.65 bits per heavy atom. The van der Waals surface area contributed by atoms with Gasteiger partial charge < -0.3 is 9.47 Å². The molecule has 20 heavy (non-hydrogen) atoms. The van der Waals surface area contributed by atoms with E-state index in [1.165, 1.54) is 32.1 Å². The minimum Gasteiger partial charge on any atom is -0.490 e. The fourth-order valence-corrected chi connectivity index (χ4v) is 4.40. The van der Waals surface area contributed by atoms with Crippen LogP contribution in [0.25, 0.3) is 0 Å². The van der Waals surface area contributed by atoms with Crippen LogP contribution in [-0.2, 0) is 0 Å². The Morgan fingerprint density at radius 3 is 2.35 bits per heavy atom. The van der Waals surface area contributed by atoms with Crippen LogP contribution in [0.15, 0.2) is 12.1 Å². The van der Waals surface area contributed by atoms with Crippen molar-refractivity contribution in [2.75, 3.05) is 13.2 Å². The first-order valence-corrected chi connectivity index (χ1v) is 8.78. The molecule has 0 aromatic heterocycles. The van der Waals surface area contributed by atoms with Crippen LogP contribution in [0.2, 0.25) is 5.02 Å². The molecular formula is C16H20BrClO2. The zero-order valence-electron chi connectivity index (χ0n) is 11.5. The van der Waals surface area contributed by atoms with E-state index >= 15 is 0 Å². The molecule has 110 valence electrons. The van der Waals surface area contributed by atoms with Gasteiger partial charge in [0.05, 0.1) is 13.2 Å². The second kappa shape index (κ2) is 6.57. The first-order valence-electron chi connectivity index (χ1n) is 7.49. The summed E-state index contributed by atoms with van der Waals surface area (Å²) in [6.07, 6.45) is 7.50. The minimum atomic E-state index is 0.312. The number of benzene rings is 1. The Hall–Kier alpha value is -0.410. The Labute approximate surface area is 133 Å². The van der Waals surface area contributed by atoms with E-state index in [9.17, 15) is 0 Å². The fraction of sp³-hybridized carbons (Fsp3) is 0.625. The predicted molar refractivity (Wildman–Crippen MR) is 85.3 cm³/mol. The third kappa shape index (κ3) is 3.09. The number of hydrogen-bond acceptors (Lipinski definition) is 2. The summed E-state index contributed by atoms with van der Waals surface area (Å²) in [6, 6.07) is 3.98. The summed E-state index contributed by atoms with van der Waals surface area (Å²) in [5.74, 6) is 2.28. The average molecular weight is 360 g/mol. The lowest BCUT2D eigenvalue weighted by Gasteiger charge is -2.27. The van der Waals surface area contributed by atoms with Crippen LogP contribution >= 0.6 is 27.5 Å². The minimum absolute atomic E-state index is 0.312. The van der Waals surface area contributed by atoms with Gasteiger partial charge in [0, 0.05) is 22.3 Å². The van der Waals surface area contributed by atoms with E-state index in [1.54, 1.807) is 0 Å². The molecule has 1 fully saturated rings. The first kappa shape index (κ1) is 14.5. The summed E-state index contributed by atoms with van der Waals surface area (Å²) in [5.41, 5.74) is 1.14. The van der Waals surface area contributed by atoms with E-state index in [1.807, 2.05) is 6.07 Å². The molecule has 0 bridgehead atoms. The molecule has 1 aliphatic carbocycles. The molecule has 1 heterocycles. The molecule has 2 nitrogen and oxygen atoms in total. The molecule has 0 spiro atoms. The maximum Gasteiger partial charge on any atom is 0.162 e. The van der Waals surface area contributed by atoms with E-state index in [2.05, 4.69) is 22.0 Å². The maximum absolute atomic E-state index is 6.46. The van der Waals surface area contributed by atoms with Gasteiger partial charge in [-0.2, -0.15) is 0 Å². The summed E-state index contributed by atoms with van der Waals surface area (Å²) < 4.78 is 11.5. The fourth-order valence-electron chi connectivity index (χ4n) is 3.09. The largest absolute Gasteiger partial charge is 0.490 e. The van der Waals surface area contributed by atoms with E-state index < -0.39 is 0 Å². The number of rotatable bonds is 2. The molecule has 1 aromatic rings. The van der Waals surface area contributed by atoms with Crippen molar-refractivity contribution in [1.82, 2.24) is 0 Å². The van der Waals surface area contributed by atoms with E-state index in [0.29, 0.717) is 24.0 Å². The molecule has 1 aliphatic heterocycles. The molecule has 0 radical (unpaired) electrons. The van der Waals surface area contributed by atoms with Gasteiger partial charge in [-0.3, -0.25) is 0 Å². The van der Waals surface area contributed by atoms with Crippen LogP contribution in [-0.4, -0.2) is 13.2 Å². The summed E-state index contributed by atoms with van der Waals surface area (Å²) in [7, 11) is 0. The van der Waals surface area contributed by atoms with Gasteiger partial charge in [0.25, 0.3) is 0 Å². The van der Waals surface area contributed by atoms with Gasteiger partial charge in [0.2, 0.25) is 0 Å². The highest BCUT2D eigenvalue weighted by Gasteiger charge is 2.26. The van der Waals surface area contributed by atoms with E-state index in [0.717, 1.165) is 28.5 Å². The maximum atomic E-state index is 6.46. The second-order valence-electron chi connectivity index (χ2n) is 5.67. The highest BCUT2D eigenvalue weighted by atomic mass is 79.9. The summed E-state index contributed by atoms with van der Waals surface area (Å²) >= 11 is 10.3. The van der Waals surface area contributed by atoms with Crippen molar-refractivity contribution in [2.45, 2.75) is 43.4 Å². The van der Waals surface area contributed by atoms with Crippen molar-refractivity contribution in [2.24, 2.45) is 5.92 Å². The number of hydrogen-bond donors (Lipinski definition) is 0. The number of fused-ring (bicyclic) bond motifs is 1. The van der Waals surface area contributed by atoms with Gasteiger partial charge in [-0.15, -0.1) is 0 Å². The predicted octanol–water partition coefficient (Wildman–Crippen LogP) is 5.52. The molecule has 0 amide bonds. The molecule has 1 unspecified atom stereocenters. The standard InChI is InChI=1S/C16H20BrClO2/c17-16(11-5-2-1-3-6-11)12-9-14-15(10-13(12)18)20-8-4-7-19-14/h9-11,16H,1-8H2. The Kier molecular flexibility index (Phi) is 4.77. The molecular weight excluding hydrogens is 340 g/mol. The van der Waals surface area contributed by atoms with Gasteiger partial charge in [0.1, 0.15) is 0 Å². The third-order valence-electron chi connectivity index (χ3n) is 4.23. The molecule has 0 N–H and O–H groups in total. The lowest BCUT2D eigenvalue weighted by molar-refractivity contribution is 0.297. The molecule has 3 rings (SSSR count). The zero-order chi connectivity index (χ0) is 13.9. The van der Waals surface area contributed by atoms with Crippen LogP contribution < -0.4 is 9.47 Å². The molecule has 1 atom stereocenters. The lowest BCUT2D eigenvalue weighted by Crippen LogP contribution is -2.12. The molecule has 4 heteroatoms. The zero-order valence-corrected chi connectivity index (χ0v) is 13.9. The topological polar surface area (TPSA) is 18.5 Å². The van der Waals surface area contributed by atoms with Crippen LogP contribution in [0.3, 0.4) is 0 Å². The van der Waals surface area contributed by atoms with Crippen LogP contribution in [0, 0.1) is 5.92 Å². The quantitative estimate of drug-likeness (QED) is 0.647. The van der Waals surface area contributed by atoms with E-state index in [-0.39, 0.29) is 0 Å². The van der Waals surface area contributed by atoms with Gasteiger partial charge in [0.15, 0.2) is 11.5 Å². The molecule has 0 saturated heterocycles. The van der Waals surface area contributed by atoms with Crippen molar-refractivity contribution in [3.05, 3.63) is 22.7 Å². The molecule has 2 aliphatic rings. The monoisotopic (exact) mass is 358 g/mol. The van der Waals surface area contributed by atoms with Gasteiger partial charge in [-0.1, -0.05) is 46.8 Å². The lowest BCUT2D eigenvalue weighted by atomic mass is 9.84. The Morgan fingerprint density at radius 1 is 1.00 bits per heavy atom. The smallest absolute Gasteiger partial charge is 0.162 e. The van der Waals surface area contributed by atoms with Crippen molar-refractivity contribution in [3.63, 3.8) is 0 Å². The van der Waals surface area contributed by atoms with Gasteiger partial charge in [-0.05, 0) is 30.4 Å². The summed E-state index contributed by atoms with van der Waals surface area (Å²) in [4.78, 5) is 0.312. The Bertz CT molecular complexity index is 472. The van der Waals surface area contributed by atoms with Crippen molar-refractivity contribution < 1.29 is 9.47 Å². The highest BCUT2D eigenvalue weighted by Crippen LogP contribution is 2.45. The van der Waals surface area contributed by atoms with Crippen molar-refractivity contribution in [1.29, 1.82) is 0 Å². The normalized spacial score (nSPS) is 21.3. The molecule has 1 aromatic carbocycles. The first-order chi connectivity index (χ1) is 9.75. The van der Waals surface area contributed by atoms with Crippen molar-refractivity contribution >= 4 is 27.5 Å². The SMILES string of the molecule is Clc1cc2c(cc1C(Br)C1CCCCC1)OCCCO2.